The SMILES string of the molecule is CCC(CCNC(=O)[C@H](CC(C)C)NC(=O)c1ccc2c(c1)nc(Cc1cccs1)n2C(CC)CC)N(CC)Cc1ccccc1. The number of carbonyl (C=O) groups is 2. The first-order chi connectivity index (χ1) is 22.3. The Balaban J connectivity index is 1.44. The largest absolute Gasteiger partial charge is 0.354 e. The van der Waals surface area contributed by atoms with Crippen LogP contribution in [0.25, 0.3) is 11.0 Å². The van der Waals surface area contributed by atoms with Gasteiger partial charge < -0.3 is 15.2 Å². The number of amides is 2. The van der Waals surface area contributed by atoms with Crippen molar-refractivity contribution in [3.05, 3.63) is 87.9 Å². The third-order valence-electron chi connectivity index (χ3n) is 8.97. The zero-order valence-corrected chi connectivity index (χ0v) is 29.4. The van der Waals surface area contributed by atoms with Crippen LogP contribution in [0.4, 0.5) is 0 Å². The molecule has 1 unspecified atom stereocenters. The number of fused-ring (bicyclic) bond motifs is 1. The second kappa shape index (κ2) is 17.4. The van der Waals surface area contributed by atoms with Crippen molar-refractivity contribution in [3.8, 4) is 0 Å². The Hall–Kier alpha value is -3.49. The zero-order valence-electron chi connectivity index (χ0n) is 28.6. The van der Waals surface area contributed by atoms with Gasteiger partial charge in [-0.15, -0.1) is 11.3 Å². The molecule has 0 fully saturated rings. The number of nitrogens with one attached hydrogen (secondary N) is 2. The number of hydrogen-bond acceptors (Lipinski definition) is 5. The van der Waals surface area contributed by atoms with Crippen LogP contribution in [-0.4, -0.2) is 51.4 Å². The lowest BCUT2D eigenvalue weighted by Gasteiger charge is -2.30. The van der Waals surface area contributed by atoms with Crippen molar-refractivity contribution in [1.29, 1.82) is 0 Å². The lowest BCUT2D eigenvalue weighted by atomic mass is 10.0. The molecule has 0 saturated carbocycles. The van der Waals surface area contributed by atoms with Crippen LogP contribution in [-0.2, 0) is 17.8 Å². The van der Waals surface area contributed by atoms with Crippen LogP contribution < -0.4 is 10.6 Å². The van der Waals surface area contributed by atoms with E-state index in [-0.39, 0.29) is 17.7 Å². The highest BCUT2D eigenvalue weighted by Crippen LogP contribution is 2.28. The number of benzene rings is 2. The first-order valence-electron chi connectivity index (χ1n) is 17.2. The lowest BCUT2D eigenvalue weighted by Crippen LogP contribution is -2.48. The number of aromatic nitrogens is 2. The average molecular weight is 644 g/mol. The monoisotopic (exact) mass is 643 g/mol. The first kappa shape index (κ1) is 35.4. The van der Waals surface area contributed by atoms with Crippen molar-refractivity contribution in [2.75, 3.05) is 13.1 Å². The van der Waals surface area contributed by atoms with Crippen LogP contribution >= 0.6 is 11.3 Å². The molecule has 0 aliphatic rings. The summed E-state index contributed by atoms with van der Waals surface area (Å²) in [6.07, 6.45) is 5.22. The number of hydrogen-bond donors (Lipinski definition) is 2. The molecule has 2 amide bonds. The van der Waals surface area contributed by atoms with E-state index >= 15 is 0 Å². The fourth-order valence-electron chi connectivity index (χ4n) is 6.44. The average Bonchev–Trinajstić information content (AvgIpc) is 3.70. The summed E-state index contributed by atoms with van der Waals surface area (Å²) in [5.74, 6) is 0.904. The van der Waals surface area contributed by atoms with E-state index in [9.17, 15) is 9.59 Å². The third kappa shape index (κ3) is 9.29. The Labute approximate surface area is 279 Å². The van der Waals surface area contributed by atoms with Crippen LogP contribution in [0, 0.1) is 5.92 Å². The van der Waals surface area contributed by atoms with Gasteiger partial charge in [-0.3, -0.25) is 14.5 Å². The van der Waals surface area contributed by atoms with Crippen LogP contribution in [0.2, 0.25) is 0 Å². The number of imidazole rings is 1. The second-order valence-electron chi connectivity index (χ2n) is 12.7. The summed E-state index contributed by atoms with van der Waals surface area (Å²) in [7, 11) is 0. The molecular weight excluding hydrogens is 591 g/mol. The van der Waals surface area contributed by atoms with Gasteiger partial charge in [0.1, 0.15) is 11.9 Å². The van der Waals surface area contributed by atoms with Crippen LogP contribution in [0.3, 0.4) is 0 Å². The minimum Gasteiger partial charge on any atom is -0.354 e. The molecule has 0 aliphatic heterocycles. The summed E-state index contributed by atoms with van der Waals surface area (Å²) in [5.41, 5.74) is 3.69. The molecule has 4 aromatic rings. The fourth-order valence-corrected chi connectivity index (χ4v) is 7.14. The van der Waals surface area contributed by atoms with Crippen molar-refractivity contribution in [2.24, 2.45) is 5.92 Å². The number of nitrogens with zero attached hydrogens (tertiary/aromatic N) is 3. The maximum absolute atomic E-state index is 13.6. The predicted octanol–water partition coefficient (Wildman–Crippen LogP) is 8.00. The molecule has 0 bridgehead atoms. The number of carbonyl (C=O) groups excluding carboxylic acids is 2. The Morgan fingerprint density at radius 2 is 1.72 bits per heavy atom. The highest BCUT2D eigenvalue weighted by atomic mass is 32.1. The Morgan fingerprint density at radius 3 is 2.35 bits per heavy atom. The van der Waals surface area contributed by atoms with Gasteiger partial charge in [-0.05, 0) is 79.8 Å². The highest BCUT2D eigenvalue weighted by molar-refractivity contribution is 7.09. The predicted molar refractivity (Wildman–Crippen MR) is 191 cm³/mol. The minimum absolute atomic E-state index is 0.125. The molecule has 0 saturated heterocycles. The van der Waals surface area contributed by atoms with Gasteiger partial charge >= 0.3 is 0 Å². The Morgan fingerprint density at radius 1 is 0.957 bits per heavy atom. The van der Waals surface area contributed by atoms with Gasteiger partial charge in [-0.25, -0.2) is 4.98 Å². The topological polar surface area (TPSA) is 79.3 Å². The molecule has 2 heterocycles. The van der Waals surface area contributed by atoms with Crippen molar-refractivity contribution >= 4 is 34.2 Å². The lowest BCUT2D eigenvalue weighted by molar-refractivity contribution is -0.123. The summed E-state index contributed by atoms with van der Waals surface area (Å²) in [6, 6.07) is 20.6. The molecule has 46 heavy (non-hydrogen) atoms. The molecule has 0 spiro atoms. The molecular formula is C38H53N5O2S. The second-order valence-corrected chi connectivity index (χ2v) is 13.7. The molecule has 248 valence electrons. The van der Waals surface area contributed by atoms with Gasteiger partial charge in [0.15, 0.2) is 0 Å². The molecule has 2 atom stereocenters. The molecule has 8 heteroatoms. The van der Waals surface area contributed by atoms with Gasteiger partial charge in [0.25, 0.3) is 5.91 Å². The highest BCUT2D eigenvalue weighted by Gasteiger charge is 2.25. The van der Waals surface area contributed by atoms with Gasteiger partial charge in [0.2, 0.25) is 5.91 Å². The van der Waals surface area contributed by atoms with E-state index in [1.807, 2.05) is 24.3 Å². The molecule has 0 aliphatic carbocycles. The van der Waals surface area contributed by atoms with E-state index < -0.39 is 6.04 Å². The minimum atomic E-state index is -0.605. The normalized spacial score (nSPS) is 13.1. The third-order valence-corrected chi connectivity index (χ3v) is 9.85. The van der Waals surface area contributed by atoms with Crippen LogP contribution in [0.1, 0.15) is 106 Å². The van der Waals surface area contributed by atoms with Crippen molar-refractivity contribution in [3.63, 3.8) is 0 Å². The quantitative estimate of drug-likeness (QED) is 0.115. The molecule has 7 nitrogen and oxygen atoms in total. The van der Waals surface area contributed by atoms with E-state index in [2.05, 4.69) is 103 Å². The molecule has 2 aromatic heterocycles. The van der Waals surface area contributed by atoms with E-state index in [0.29, 0.717) is 30.6 Å². The van der Waals surface area contributed by atoms with Crippen molar-refractivity contribution in [1.82, 2.24) is 25.1 Å². The van der Waals surface area contributed by atoms with E-state index in [1.54, 1.807) is 11.3 Å². The van der Waals surface area contributed by atoms with E-state index in [4.69, 9.17) is 4.98 Å². The first-order valence-corrected chi connectivity index (χ1v) is 18.0. The molecule has 2 aromatic carbocycles. The summed E-state index contributed by atoms with van der Waals surface area (Å²) in [5, 5.41) is 8.30. The van der Waals surface area contributed by atoms with Crippen LogP contribution in [0.5, 0.6) is 0 Å². The molecule has 2 N–H and O–H groups in total. The zero-order chi connectivity index (χ0) is 33.1. The van der Waals surface area contributed by atoms with E-state index in [1.165, 1.54) is 10.4 Å². The van der Waals surface area contributed by atoms with Crippen LogP contribution in [0.15, 0.2) is 66.0 Å². The van der Waals surface area contributed by atoms with Gasteiger partial charge in [-0.2, -0.15) is 0 Å². The standard InChI is InChI=1S/C38H53N5O2S/c1-7-30(8-2)43-35-19-18-29(24-33(35)40-36(43)25-32-17-14-22-46-32)37(44)41-34(23-27(5)6)38(45)39-21-20-31(9-3)42(10-4)26-28-15-12-11-13-16-28/h11-19,22,24,27,30-31,34H,7-10,20-21,23,25-26H2,1-6H3,(H,39,45)(H,41,44)/t31?,34-/m0/s1. The van der Waals surface area contributed by atoms with Crippen molar-refractivity contribution in [2.45, 2.75) is 105 Å². The molecule has 0 radical (unpaired) electrons. The Bertz CT molecular complexity index is 1510. The summed E-state index contributed by atoms with van der Waals surface area (Å²) < 4.78 is 2.36. The summed E-state index contributed by atoms with van der Waals surface area (Å²) in [4.78, 5) is 35.8. The number of rotatable bonds is 18. The fraction of sp³-hybridized carbons (Fsp3) is 0.500. The maximum Gasteiger partial charge on any atom is 0.252 e. The summed E-state index contributed by atoms with van der Waals surface area (Å²) in [6.45, 7) is 15.4. The number of thiophene rings is 1. The van der Waals surface area contributed by atoms with Gasteiger partial charge in [-0.1, -0.05) is 77.9 Å². The van der Waals surface area contributed by atoms with Crippen molar-refractivity contribution < 1.29 is 9.59 Å². The molecule has 4 rings (SSSR count). The van der Waals surface area contributed by atoms with E-state index in [0.717, 1.165) is 62.1 Å². The maximum atomic E-state index is 13.6. The summed E-state index contributed by atoms with van der Waals surface area (Å²) >= 11 is 1.74. The Kier molecular flexibility index (Phi) is 13.4. The van der Waals surface area contributed by atoms with Gasteiger partial charge in [0.05, 0.1) is 11.0 Å². The smallest absolute Gasteiger partial charge is 0.252 e. The van der Waals surface area contributed by atoms with Gasteiger partial charge in [0, 0.05) is 42.0 Å².